The lowest BCUT2D eigenvalue weighted by molar-refractivity contribution is 0.0529. The summed E-state index contributed by atoms with van der Waals surface area (Å²) in [5.74, 6) is 2.60. The Hall–Kier alpha value is -2.70. The van der Waals surface area contributed by atoms with E-state index in [1.165, 1.54) is 38.5 Å². The molecular formula is C32H46N4O2. The third kappa shape index (κ3) is 8.95. The van der Waals surface area contributed by atoms with Gasteiger partial charge >= 0.3 is 0 Å². The van der Waals surface area contributed by atoms with E-state index in [-0.39, 0.29) is 0 Å². The van der Waals surface area contributed by atoms with Crippen LogP contribution in [0.2, 0.25) is 0 Å². The molecule has 6 nitrogen and oxygen atoms in total. The summed E-state index contributed by atoms with van der Waals surface area (Å²) in [5, 5.41) is 13.8. The lowest BCUT2D eigenvalue weighted by Gasteiger charge is -2.21. The largest absolute Gasteiger partial charge is 0.377 e. The van der Waals surface area contributed by atoms with Gasteiger partial charge in [-0.25, -0.2) is 0 Å². The maximum Gasteiger partial charge on any atom is 0.0701 e. The van der Waals surface area contributed by atoms with Crippen molar-refractivity contribution in [1.29, 1.82) is 0 Å². The fourth-order valence-electron chi connectivity index (χ4n) is 5.45. The lowest BCUT2D eigenvalue weighted by Crippen LogP contribution is -2.25. The van der Waals surface area contributed by atoms with Crippen molar-refractivity contribution >= 4 is 23.8 Å². The summed E-state index contributed by atoms with van der Waals surface area (Å²) in [5.41, 5.74) is 2.20. The van der Waals surface area contributed by atoms with Crippen molar-refractivity contribution in [3.8, 4) is 0 Å². The lowest BCUT2D eigenvalue weighted by atomic mass is 10.00. The maximum atomic E-state index is 5.91. The second-order valence-corrected chi connectivity index (χ2v) is 10.8. The van der Waals surface area contributed by atoms with Gasteiger partial charge in [-0.1, -0.05) is 75.9 Å². The first-order valence-corrected chi connectivity index (χ1v) is 14.6. The first-order chi connectivity index (χ1) is 18.7. The van der Waals surface area contributed by atoms with E-state index in [0.717, 1.165) is 36.3 Å². The molecule has 4 unspecified atom stereocenters. The van der Waals surface area contributed by atoms with E-state index in [4.69, 9.17) is 19.7 Å². The van der Waals surface area contributed by atoms with Crippen molar-refractivity contribution in [2.45, 2.75) is 52.4 Å². The minimum atomic E-state index is 0.570. The van der Waals surface area contributed by atoms with Crippen LogP contribution in [-0.2, 0) is 9.47 Å². The van der Waals surface area contributed by atoms with Crippen LogP contribution < -0.4 is 10.0 Å². The van der Waals surface area contributed by atoms with Gasteiger partial charge in [-0.15, -0.1) is 0 Å². The second-order valence-electron chi connectivity index (χ2n) is 10.8. The number of ether oxygens (including phenoxy) is 2. The van der Waals surface area contributed by atoms with Crippen LogP contribution in [0.25, 0.3) is 0 Å². The third-order valence-corrected chi connectivity index (χ3v) is 8.03. The van der Waals surface area contributed by atoms with Crippen LogP contribution in [0.5, 0.6) is 0 Å². The molecule has 0 bridgehead atoms. The Kier molecular flexibility index (Phi) is 11.7. The summed E-state index contributed by atoms with van der Waals surface area (Å²) in [6.45, 7) is 8.46. The number of anilines is 2. The zero-order valence-corrected chi connectivity index (χ0v) is 23.3. The fourth-order valence-corrected chi connectivity index (χ4v) is 5.45. The summed E-state index contributed by atoms with van der Waals surface area (Å²) in [7, 11) is 0. The number of benzene rings is 2. The van der Waals surface area contributed by atoms with E-state index in [2.05, 4.69) is 84.8 Å². The second kappa shape index (κ2) is 15.6. The molecule has 0 spiro atoms. The molecule has 0 saturated heterocycles. The Balaban J connectivity index is 1.17. The standard InChI is InChI=1S/C32H46N4O2/c1-27-11-9-13-29(27)25-33-35(31-15-5-3-6-16-31)19-21-37-23-24-38-22-20-36(32-17-7-4-8-18-32)34-26-30-14-10-12-28(30)2/h3-8,15-18,25-30H,9-14,19-24H2,1-2H3/b33-25+,34-26+. The van der Waals surface area contributed by atoms with Crippen LogP contribution in [0.4, 0.5) is 11.4 Å². The highest BCUT2D eigenvalue weighted by atomic mass is 16.5. The van der Waals surface area contributed by atoms with Gasteiger partial charge in [0.2, 0.25) is 0 Å². The minimum absolute atomic E-state index is 0.570. The molecule has 206 valence electrons. The van der Waals surface area contributed by atoms with Gasteiger partial charge < -0.3 is 9.47 Å². The van der Waals surface area contributed by atoms with Crippen LogP contribution in [-0.4, -0.2) is 51.9 Å². The van der Waals surface area contributed by atoms with Crippen molar-refractivity contribution in [2.75, 3.05) is 49.5 Å². The number of para-hydroxylation sites is 2. The summed E-state index contributed by atoms with van der Waals surface area (Å²) in [4.78, 5) is 0. The summed E-state index contributed by atoms with van der Waals surface area (Å²) in [6, 6.07) is 20.7. The van der Waals surface area contributed by atoms with E-state index in [0.29, 0.717) is 38.3 Å². The average molecular weight is 519 g/mol. The molecule has 2 aliphatic rings. The molecule has 0 aliphatic heterocycles. The van der Waals surface area contributed by atoms with Crippen molar-refractivity contribution < 1.29 is 9.47 Å². The van der Waals surface area contributed by atoms with Crippen LogP contribution in [0, 0.1) is 23.7 Å². The smallest absolute Gasteiger partial charge is 0.0701 e. The van der Waals surface area contributed by atoms with Crippen molar-refractivity contribution in [3.05, 3.63) is 60.7 Å². The van der Waals surface area contributed by atoms with Gasteiger partial charge in [-0.05, 0) is 60.8 Å². The number of hydrogen-bond acceptors (Lipinski definition) is 6. The minimum Gasteiger partial charge on any atom is -0.377 e. The van der Waals surface area contributed by atoms with Gasteiger partial charge in [-0.2, -0.15) is 10.2 Å². The van der Waals surface area contributed by atoms with E-state index in [9.17, 15) is 0 Å². The van der Waals surface area contributed by atoms with Gasteiger partial charge in [0.1, 0.15) is 0 Å². The van der Waals surface area contributed by atoms with Crippen molar-refractivity contribution in [1.82, 2.24) is 0 Å². The molecule has 0 amide bonds. The quantitative estimate of drug-likeness (QED) is 0.147. The van der Waals surface area contributed by atoms with Crippen LogP contribution in [0.1, 0.15) is 52.4 Å². The summed E-state index contributed by atoms with van der Waals surface area (Å²) >= 11 is 0. The Labute approximate surface area is 229 Å². The predicted molar refractivity (Wildman–Crippen MR) is 159 cm³/mol. The highest BCUT2D eigenvalue weighted by Crippen LogP contribution is 2.30. The van der Waals surface area contributed by atoms with Crippen LogP contribution in [0.3, 0.4) is 0 Å². The highest BCUT2D eigenvalue weighted by Gasteiger charge is 2.22. The van der Waals surface area contributed by atoms with Gasteiger partial charge in [0.05, 0.1) is 50.9 Å². The van der Waals surface area contributed by atoms with E-state index in [1.807, 2.05) is 12.1 Å². The zero-order chi connectivity index (χ0) is 26.4. The predicted octanol–water partition coefficient (Wildman–Crippen LogP) is 6.88. The van der Waals surface area contributed by atoms with Gasteiger partial charge in [0.25, 0.3) is 0 Å². The van der Waals surface area contributed by atoms with E-state index >= 15 is 0 Å². The monoisotopic (exact) mass is 518 g/mol. The molecule has 2 aromatic rings. The topological polar surface area (TPSA) is 49.7 Å². The Bertz CT molecular complexity index is 888. The zero-order valence-electron chi connectivity index (χ0n) is 23.3. The summed E-state index contributed by atoms with van der Waals surface area (Å²) in [6.07, 6.45) is 12.0. The fraction of sp³-hybridized carbons (Fsp3) is 0.562. The SMILES string of the molecule is CC1CCCC1/C=N/N(CCOCCOCCN(/N=C/C1CCCC1C)c1ccccc1)c1ccccc1. The molecule has 4 rings (SSSR count). The first-order valence-electron chi connectivity index (χ1n) is 14.6. The van der Waals surface area contributed by atoms with Crippen molar-refractivity contribution in [3.63, 3.8) is 0 Å². The third-order valence-electron chi connectivity index (χ3n) is 8.03. The molecule has 6 heteroatoms. The summed E-state index contributed by atoms with van der Waals surface area (Å²) < 4.78 is 11.8. The van der Waals surface area contributed by atoms with Crippen molar-refractivity contribution in [2.24, 2.45) is 33.9 Å². The van der Waals surface area contributed by atoms with Crippen LogP contribution in [0.15, 0.2) is 70.9 Å². The molecule has 2 saturated carbocycles. The van der Waals surface area contributed by atoms with Gasteiger partial charge in [-0.3, -0.25) is 10.0 Å². The molecule has 38 heavy (non-hydrogen) atoms. The maximum absolute atomic E-state index is 5.91. The number of hydrazone groups is 2. The molecule has 0 heterocycles. The Morgan fingerprint density at radius 1 is 0.632 bits per heavy atom. The normalized spacial score (nSPS) is 23.5. The number of rotatable bonds is 15. The van der Waals surface area contributed by atoms with E-state index in [1.54, 1.807) is 0 Å². The molecular weight excluding hydrogens is 472 g/mol. The Morgan fingerprint density at radius 3 is 1.42 bits per heavy atom. The first kappa shape index (κ1) is 28.3. The molecule has 0 N–H and O–H groups in total. The molecule has 2 aromatic carbocycles. The molecule has 0 radical (unpaired) electrons. The number of hydrogen-bond donors (Lipinski definition) is 0. The molecule has 2 fully saturated rings. The molecule has 2 aliphatic carbocycles. The van der Waals surface area contributed by atoms with Gasteiger partial charge in [0.15, 0.2) is 0 Å². The highest BCUT2D eigenvalue weighted by molar-refractivity contribution is 5.64. The number of nitrogens with zero attached hydrogens (tertiary/aromatic N) is 4. The average Bonchev–Trinajstić information content (AvgIpc) is 3.56. The molecule has 4 atom stereocenters. The van der Waals surface area contributed by atoms with Gasteiger partial charge in [0, 0.05) is 12.4 Å². The Morgan fingerprint density at radius 2 is 1.05 bits per heavy atom. The molecule has 0 aromatic heterocycles. The van der Waals surface area contributed by atoms with E-state index < -0.39 is 0 Å². The van der Waals surface area contributed by atoms with Crippen LogP contribution >= 0.6 is 0 Å².